The van der Waals surface area contributed by atoms with Crippen molar-refractivity contribution in [2.24, 2.45) is 0 Å². The molecule has 5 heteroatoms. The summed E-state index contributed by atoms with van der Waals surface area (Å²) >= 11 is 0. The van der Waals surface area contributed by atoms with Crippen molar-refractivity contribution in [2.75, 3.05) is 6.54 Å². The van der Waals surface area contributed by atoms with Gasteiger partial charge in [-0.05, 0) is 26.8 Å². The lowest BCUT2D eigenvalue weighted by molar-refractivity contribution is 0.159. The van der Waals surface area contributed by atoms with E-state index < -0.39 is 6.10 Å². The Morgan fingerprint density at radius 3 is 2.59 bits per heavy atom. The average molecular weight is 240 g/mol. The Labute approximate surface area is 101 Å². The molecule has 0 fully saturated rings. The average Bonchev–Trinajstić information content (AvgIpc) is 2.25. The summed E-state index contributed by atoms with van der Waals surface area (Å²) < 4.78 is 0. The van der Waals surface area contributed by atoms with Crippen molar-refractivity contribution >= 4 is 0 Å². The number of β-amino-alcohol motifs (C(OH)–C–C–N with tert-alkyl or cyclic N) is 1. The van der Waals surface area contributed by atoms with Crippen LogP contribution in [-0.2, 0) is 6.61 Å². The van der Waals surface area contributed by atoms with E-state index in [1.807, 2.05) is 20.8 Å². The van der Waals surface area contributed by atoms with E-state index in [1.54, 1.807) is 6.07 Å². The van der Waals surface area contributed by atoms with Crippen molar-refractivity contribution in [1.82, 2.24) is 10.3 Å². The van der Waals surface area contributed by atoms with Crippen LogP contribution in [0.2, 0.25) is 0 Å². The molecule has 1 aromatic rings. The number of hydrogen-bond acceptors (Lipinski definition) is 5. The molecule has 4 N–H and O–H groups in total. The molecular formula is C12H20N2O3. The van der Waals surface area contributed by atoms with Crippen LogP contribution >= 0.6 is 0 Å². The topological polar surface area (TPSA) is 85.6 Å². The van der Waals surface area contributed by atoms with E-state index >= 15 is 0 Å². The molecule has 1 rings (SSSR count). The first-order valence-corrected chi connectivity index (χ1v) is 5.56. The number of aliphatic hydroxyl groups is 2. The number of rotatable bonds is 4. The summed E-state index contributed by atoms with van der Waals surface area (Å²) in [6.45, 7) is 5.95. The van der Waals surface area contributed by atoms with Gasteiger partial charge in [-0.3, -0.25) is 4.98 Å². The summed E-state index contributed by atoms with van der Waals surface area (Å²) in [5.41, 5.74) is 0.446. The maximum atomic E-state index is 9.95. The Hall–Kier alpha value is -1.17. The van der Waals surface area contributed by atoms with Crippen molar-refractivity contribution in [1.29, 1.82) is 0 Å². The molecule has 17 heavy (non-hydrogen) atoms. The highest BCUT2D eigenvalue weighted by molar-refractivity contribution is 5.36. The largest absolute Gasteiger partial charge is 0.506 e. The van der Waals surface area contributed by atoms with Gasteiger partial charge in [0.25, 0.3) is 0 Å². The summed E-state index contributed by atoms with van der Waals surface area (Å²) in [7, 11) is 0. The number of nitrogens with one attached hydrogen (secondary N) is 1. The van der Waals surface area contributed by atoms with Crippen LogP contribution < -0.4 is 5.32 Å². The molecule has 0 aliphatic heterocycles. The van der Waals surface area contributed by atoms with Gasteiger partial charge in [0.05, 0.1) is 12.7 Å². The molecule has 0 aromatic carbocycles. The zero-order valence-corrected chi connectivity index (χ0v) is 10.4. The molecule has 1 unspecified atom stereocenters. The molecular weight excluding hydrogens is 220 g/mol. The minimum absolute atomic E-state index is 0.108. The van der Waals surface area contributed by atoms with Crippen molar-refractivity contribution in [3.05, 3.63) is 23.5 Å². The van der Waals surface area contributed by atoms with Crippen molar-refractivity contribution in [2.45, 2.75) is 39.0 Å². The van der Waals surface area contributed by atoms with Crippen LogP contribution in [-0.4, -0.2) is 32.4 Å². The summed E-state index contributed by atoms with van der Waals surface area (Å²) in [5.74, 6) is -0.141. The molecule has 0 saturated heterocycles. The number of aliphatic hydroxyl groups excluding tert-OH is 2. The van der Waals surface area contributed by atoms with E-state index in [2.05, 4.69) is 10.3 Å². The third-order valence-electron chi connectivity index (χ3n) is 2.37. The molecule has 0 aliphatic rings. The van der Waals surface area contributed by atoms with Crippen LogP contribution in [0.5, 0.6) is 5.75 Å². The highest BCUT2D eigenvalue weighted by Gasteiger charge is 2.18. The molecule has 1 aromatic heterocycles. The van der Waals surface area contributed by atoms with Crippen molar-refractivity contribution in [3.8, 4) is 5.75 Å². The Morgan fingerprint density at radius 2 is 2.06 bits per heavy atom. The van der Waals surface area contributed by atoms with E-state index in [0.29, 0.717) is 12.1 Å². The van der Waals surface area contributed by atoms with Crippen LogP contribution in [0, 0.1) is 0 Å². The fourth-order valence-corrected chi connectivity index (χ4v) is 1.41. The van der Waals surface area contributed by atoms with E-state index in [9.17, 15) is 10.2 Å². The number of nitrogens with zero attached hydrogens (tertiary/aromatic N) is 1. The first-order chi connectivity index (χ1) is 7.85. The quantitative estimate of drug-likeness (QED) is 0.622. The summed E-state index contributed by atoms with van der Waals surface area (Å²) in [6.07, 6.45) is 0.628. The summed E-state index contributed by atoms with van der Waals surface area (Å²) in [4.78, 5) is 3.82. The third-order valence-corrected chi connectivity index (χ3v) is 2.37. The van der Waals surface area contributed by atoms with Gasteiger partial charge in [-0.25, -0.2) is 0 Å². The number of hydrogen-bond donors (Lipinski definition) is 4. The molecule has 0 radical (unpaired) electrons. The first kappa shape index (κ1) is 13.9. The van der Waals surface area contributed by atoms with Gasteiger partial charge < -0.3 is 20.6 Å². The van der Waals surface area contributed by atoms with Crippen LogP contribution in [0.4, 0.5) is 0 Å². The lowest BCUT2D eigenvalue weighted by Gasteiger charge is -2.23. The van der Waals surface area contributed by atoms with Gasteiger partial charge in [0.15, 0.2) is 0 Å². The molecule has 96 valence electrons. The Kier molecular flexibility index (Phi) is 4.45. The Morgan fingerprint density at radius 1 is 1.41 bits per heavy atom. The Bertz CT molecular complexity index is 375. The molecule has 0 aliphatic carbocycles. The molecule has 5 nitrogen and oxygen atoms in total. The van der Waals surface area contributed by atoms with Gasteiger partial charge >= 0.3 is 0 Å². The maximum absolute atomic E-state index is 9.95. The summed E-state index contributed by atoms with van der Waals surface area (Å²) in [5, 5.41) is 31.8. The van der Waals surface area contributed by atoms with Crippen molar-refractivity contribution < 1.29 is 15.3 Å². The highest BCUT2D eigenvalue weighted by atomic mass is 16.3. The number of aromatic hydroxyl groups is 1. The van der Waals surface area contributed by atoms with Gasteiger partial charge in [-0.15, -0.1) is 0 Å². The fourth-order valence-electron chi connectivity index (χ4n) is 1.41. The van der Waals surface area contributed by atoms with Gasteiger partial charge in [0, 0.05) is 23.8 Å². The second kappa shape index (κ2) is 5.44. The molecule has 1 atom stereocenters. The van der Waals surface area contributed by atoms with Gasteiger partial charge in [0.2, 0.25) is 0 Å². The molecule has 0 bridgehead atoms. The molecule has 0 amide bonds. The van der Waals surface area contributed by atoms with Gasteiger partial charge in [-0.1, -0.05) is 0 Å². The first-order valence-electron chi connectivity index (χ1n) is 5.56. The van der Waals surface area contributed by atoms with Gasteiger partial charge in [-0.2, -0.15) is 0 Å². The van der Waals surface area contributed by atoms with Gasteiger partial charge in [0.1, 0.15) is 11.4 Å². The minimum atomic E-state index is -0.831. The molecule has 1 heterocycles. The lowest BCUT2D eigenvalue weighted by atomic mass is 10.1. The normalized spacial score (nSPS) is 13.7. The third kappa shape index (κ3) is 3.96. The predicted molar refractivity (Wildman–Crippen MR) is 64.5 cm³/mol. The van der Waals surface area contributed by atoms with E-state index in [-0.39, 0.29) is 23.6 Å². The lowest BCUT2D eigenvalue weighted by Crippen LogP contribution is -2.38. The molecule has 0 saturated carbocycles. The van der Waals surface area contributed by atoms with Crippen LogP contribution in [0.1, 0.15) is 38.1 Å². The highest BCUT2D eigenvalue weighted by Crippen LogP contribution is 2.26. The number of aromatic nitrogens is 1. The second-order valence-corrected chi connectivity index (χ2v) is 5.00. The summed E-state index contributed by atoms with van der Waals surface area (Å²) in [6, 6.07) is 1.55. The van der Waals surface area contributed by atoms with Crippen LogP contribution in [0.3, 0.4) is 0 Å². The standard InChI is InChI=1S/C12H20N2O3/c1-12(2,3)14-6-10(16)8-4-5-13-9(7-15)11(8)17/h4-5,10,14-17H,6-7H2,1-3H3. The number of pyridine rings is 1. The fraction of sp³-hybridized carbons (Fsp3) is 0.583. The van der Waals surface area contributed by atoms with Crippen LogP contribution in [0.15, 0.2) is 12.3 Å². The maximum Gasteiger partial charge on any atom is 0.145 e. The van der Waals surface area contributed by atoms with Crippen LogP contribution in [0.25, 0.3) is 0 Å². The smallest absolute Gasteiger partial charge is 0.145 e. The predicted octanol–water partition coefficient (Wildman–Crippen LogP) is 0.701. The molecule has 0 spiro atoms. The zero-order valence-electron chi connectivity index (χ0n) is 10.4. The van der Waals surface area contributed by atoms with E-state index in [4.69, 9.17) is 5.11 Å². The Balaban J connectivity index is 2.79. The van der Waals surface area contributed by atoms with E-state index in [1.165, 1.54) is 6.20 Å². The van der Waals surface area contributed by atoms with E-state index in [0.717, 1.165) is 0 Å². The SMILES string of the molecule is CC(C)(C)NCC(O)c1ccnc(CO)c1O. The zero-order chi connectivity index (χ0) is 13.1. The monoisotopic (exact) mass is 240 g/mol. The second-order valence-electron chi connectivity index (χ2n) is 5.00. The van der Waals surface area contributed by atoms with Crippen molar-refractivity contribution in [3.63, 3.8) is 0 Å². The minimum Gasteiger partial charge on any atom is -0.506 e.